The minimum atomic E-state index is -4.99. The van der Waals surface area contributed by atoms with Crippen LogP contribution in [0.3, 0.4) is 0 Å². The Kier molecular flexibility index (Phi) is 4.26. The zero-order valence-corrected chi connectivity index (χ0v) is 13.3. The van der Waals surface area contributed by atoms with Crippen molar-refractivity contribution in [2.75, 3.05) is 7.11 Å². The number of ether oxygens (including phenoxy) is 1. The highest BCUT2D eigenvalue weighted by molar-refractivity contribution is 9.10. The Hall–Kier alpha value is -1.25. The first-order valence-corrected chi connectivity index (χ1v) is 8.25. The van der Waals surface area contributed by atoms with Crippen LogP contribution >= 0.6 is 27.3 Å². The molecule has 0 saturated heterocycles. The Bertz CT molecular complexity index is 768. The molecule has 0 saturated carbocycles. The van der Waals surface area contributed by atoms with Gasteiger partial charge in [-0.25, -0.2) is 4.79 Å². The molecule has 0 spiro atoms. The molecule has 0 amide bonds. The van der Waals surface area contributed by atoms with Gasteiger partial charge in [-0.2, -0.15) is 8.42 Å². The lowest BCUT2D eigenvalue weighted by Gasteiger charge is -1.97. The highest BCUT2D eigenvalue weighted by Gasteiger charge is 2.26. The third kappa shape index (κ3) is 3.08. The minimum absolute atomic E-state index is 0.273. The van der Waals surface area contributed by atoms with Gasteiger partial charge in [0.15, 0.2) is 0 Å². The van der Waals surface area contributed by atoms with Crippen molar-refractivity contribution >= 4 is 43.5 Å². The molecule has 1 aromatic carbocycles. The summed E-state index contributed by atoms with van der Waals surface area (Å²) in [5.41, 5.74) is 0.671. The van der Waals surface area contributed by atoms with Crippen LogP contribution in [-0.2, 0) is 15.0 Å². The van der Waals surface area contributed by atoms with Gasteiger partial charge in [0.25, 0.3) is 0 Å². The van der Waals surface area contributed by atoms with E-state index in [9.17, 15) is 17.1 Å². The Morgan fingerprint density at radius 3 is 2.60 bits per heavy atom. The van der Waals surface area contributed by atoms with Gasteiger partial charge >= 0.3 is 16.2 Å². The summed E-state index contributed by atoms with van der Waals surface area (Å²) < 4.78 is 40.7. The van der Waals surface area contributed by atoms with E-state index in [4.69, 9.17) is 0 Å². The van der Waals surface area contributed by atoms with Gasteiger partial charge in [0.05, 0.1) is 7.11 Å². The van der Waals surface area contributed by atoms with E-state index >= 15 is 0 Å². The molecule has 2 aromatic rings. The third-order valence-corrected chi connectivity index (χ3v) is 5.07. The van der Waals surface area contributed by atoms with Crippen molar-refractivity contribution in [3.63, 3.8) is 0 Å². The van der Waals surface area contributed by atoms with E-state index in [0.717, 1.165) is 29.0 Å². The third-order valence-electron chi connectivity index (χ3n) is 2.44. The molecule has 1 aromatic heterocycles. The van der Waals surface area contributed by atoms with Crippen LogP contribution in [0.5, 0.6) is 0 Å². The molecule has 0 N–H and O–H groups in total. The molecule has 0 aliphatic heterocycles. The van der Waals surface area contributed by atoms with Crippen molar-refractivity contribution in [1.29, 1.82) is 0 Å². The van der Waals surface area contributed by atoms with Crippen molar-refractivity contribution in [2.24, 2.45) is 0 Å². The molecule has 106 valence electrons. The van der Waals surface area contributed by atoms with Gasteiger partial charge in [-0.05, 0) is 23.8 Å². The van der Waals surface area contributed by atoms with Gasteiger partial charge in [0, 0.05) is 9.35 Å². The van der Waals surface area contributed by atoms with E-state index in [1.807, 2.05) is 0 Å². The van der Waals surface area contributed by atoms with E-state index in [0.29, 0.717) is 10.4 Å². The van der Waals surface area contributed by atoms with E-state index in [1.54, 1.807) is 24.3 Å². The molecule has 20 heavy (non-hydrogen) atoms. The zero-order chi connectivity index (χ0) is 14.9. The maximum atomic E-state index is 13.2. The quantitative estimate of drug-likeness (QED) is 0.604. The van der Waals surface area contributed by atoms with Crippen LogP contribution in [0.25, 0.3) is 10.4 Å². The molecule has 0 unspecified atom stereocenters. The van der Waals surface area contributed by atoms with E-state index in [1.165, 1.54) is 0 Å². The summed E-state index contributed by atoms with van der Waals surface area (Å²) in [6, 6.07) is 8.15. The fourth-order valence-electron chi connectivity index (χ4n) is 1.57. The number of hydrogen-bond acceptors (Lipinski definition) is 5. The summed E-state index contributed by atoms with van der Waals surface area (Å²) in [6.07, 6.45) is 0. The van der Waals surface area contributed by atoms with Crippen molar-refractivity contribution in [2.45, 2.75) is 4.90 Å². The van der Waals surface area contributed by atoms with Gasteiger partial charge in [-0.3, -0.25) is 0 Å². The number of esters is 1. The second kappa shape index (κ2) is 5.63. The van der Waals surface area contributed by atoms with Crippen LogP contribution in [0.4, 0.5) is 3.89 Å². The van der Waals surface area contributed by atoms with Crippen LogP contribution in [0.2, 0.25) is 0 Å². The van der Waals surface area contributed by atoms with E-state index < -0.39 is 21.1 Å². The summed E-state index contributed by atoms with van der Waals surface area (Å²) in [7, 11) is -3.88. The summed E-state index contributed by atoms with van der Waals surface area (Å²) in [6.45, 7) is 0. The van der Waals surface area contributed by atoms with Crippen LogP contribution < -0.4 is 0 Å². The SMILES string of the molecule is COC(=O)c1sc(-c2cccc(Br)c2)cc1S(=O)(=O)F. The minimum Gasteiger partial charge on any atom is -0.465 e. The average molecular weight is 379 g/mol. The van der Waals surface area contributed by atoms with Gasteiger partial charge in [0.2, 0.25) is 0 Å². The second-order valence-electron chi connectivity index (χ2n) is 3.74. The molecule has 0 aliphatic rings. The lowest BCUT2D eigenvalue weighted by Crippen LogP contribution is -2.03. The maximum Gasteiger partial charge on any atom is 0.349 e. The second-order valence-corrected chi connectivity index (χ2v) is 7.03. The molecule has 0 atom stereocenters. The highest BCUT2D eigenvalue weighted by atomic mass is 79.9. The normalized spacial score (nSPS) is 11.3. The fraction of sp³-hybridized carbons (Fsp3) is 0.0833. The topological polar surface area (TPSA) is 60.4 Å². The van der Waals surface area contributed by atoms with Crippen molar-refractivity contribution < 1.29 is 21.8 Å². The number of carbonyl (C=O) groups excluding carboxylic acids is 1. The van der Waals surface area contributed by atoms with Crippen LogP contribution in [0.1, 0.15) is 9.67 Å². The average Bonchev–Trinajstić information content (AvgIpc) is 2.82. The van der Waals surface area contributed by atoms with Crippen LogP contribution in [-0.4, -0.2) is 21.5 Å². The summed E-state index contributed by atoms with van der Waals surface area (Å²) in [4.78, 5) is 11.1. The molecule has 0 radical (unpaired) electrons. The summed E-state index contributed by atoms with van der Waals surface area (Å²) in [5.74, 6) is -0.882. The van der Waals surface area contributed by atoms with E-state index in [2.05, 4.69) is 20.7 Å². The molecule has 8 heteroatoms. The molecule has 4 nitrogen and oxygen atoms in total. The molecule has 0 aliphatic carbocycles. The number of carbonyl (C=O) groups is 1. The fourth-order valence-corrected chi connectivity index (χ4v) is 4.00. The van der Waals surface area contributed by atoms with Crippen molar-refractivity contribution in [1.82, 2.24) is 0 Å². The number of benzene rings is 1. The molecule has 2 rings (SSSR count). The van der Waals surface area contributed by atoms with Crippen LogP contribution in [0, 0.1) is 0 Å². The first kappa shape index (κ1) is 15.1. The monoisotopic (exact) mass is 378 g/mol. The number of hydrogen-bond donors (Lipinski definition) is 0. The summed E-state index contributed by atoms with van der Waals surface area (Å²) >= 11 is 4.15. The smallest absolute Gasteiger partial charge is 0.349 e. The Morgan fingerprint density at radius 2 is 2.05 bits per heavy atom. The molecule has 0 fully saturated rings. The maximum absolute atomic E-state index is 13.2. The first-order chi connectivity index (χ1) is 9.32. The van der Waals surface area contributed by atoms with Crippen LogP contribution in [0.15, 0.2) is 39.7 Å². The number of halogens is 2. The highest BCUT2D eigenvalue weighted by Crippen LogP contribution is 2.36. The van der Waals surface area contributed by atoms with Gasteiger partial charge in [-0.15, -0.1) is 15.2 Å². The Labute approximate surface area is 127 Å². The van der Waals surface area contributed by atoms with Crippen molar-refractivity contribution in [3.8, 4) is 10.4 Å². The molecular formula is C12H8BrFO4S2. The van der Waals surface area contributed by atoms with Crippen molar-refractivity contribution in [3.05, 3.63) is 39.7 Å². The van der Waals surface area contributed by atoms with Gasteiger partial charge in [-0.1, -0.05) is 28.1 Å². The molecule has 0 bridgehead atoms. The Morgan fingerprint density at radius 1 is 1.35 bits per heavy atom. The van der Waals surface area contributed by atoms with Gasteiger partial charge in [0.1, 0.15) is 9.77 Å². The number of thiophene rings is 1. The molecule has 1 heterocycles. The zero-order valence-electron chi connectivity index (χ0n) is 10.1. The van der Waals surface area contributed by atoms with Gasteiger partial charge < -0.3 is 4.74 Å². The summed E-state index contributed by atoms with van der Waals surface area (Å²) in [5, 5.41) is 0. The predicted molar refractivity (Wildman–Crippen MR) is 77.1 cm³/mol. The lowest BCUT2D eigenvalue weighted by molar-refractivity contribution is 0.0602. The number of rotatable bonds is 3. The number of methoxy groups -OCH3 is 1. The largest absolute Gasteiger partial charge is 0.465 e. The standard InChI is InChI=1S/C12H8BrFO4S2/c1-18-12(15)11-10(20(14,16)17)6-9(19-11)7-3-2-4-8(13)5-7/h2-6H,1H3. The Balaban J connectivity index is 2.63. The first-order valence-electron chi connectivity index (χ1n) is 5.25. The predicted octanol–water partition coefficient (Wildman–Crippen LogP) is 3.62. The van der Waals surface area contributed by atoms with E-state index in [-0.39, 0.29) is 4.88 Å². The lowest BCUT2D eigenvalue weighted by atomic mass is 10.2. The molecular weight excluding hydrogens is 371 g/mol.